The van der Waals surface area contributed by atoms with Gasteiger partial charge in [-0.15, -0.1) is 11.3 Å². The summed E-state index contributed by atoms with van der Waals surface area (Å²) in [6, 6.07) is 20.9. The van der Waals surface area contributed by atoms with E-state index in [1.54, 1.807) is 11.3 Å². The van der Waals surface area contributed by atoms with Crippen LogP contribution in [0.3, 0.4) is 0 Å². The number of nitrogens with zero attached hydrogens (tertiary/aromatic N) is 2. The number of nitrogens with one attached hydrogen (secondary N) is 2. The molecule has 6 heteroatoms. The van der Waals surface area contributed by atoms with Crippen LogP contribution in [0.4, 0.5) is 5.69 Å². The zero-order valence-corrected chi connectivity index (χ0v) is 16.5. The third-order valence-corrected chi connectivity index (χ3v) is 6.01. The van der Waals surface area contributed by atoms with E-state index in [-0.39, 0.29) is 12.1 Å². The smallest absolute Gasteiger partial charge is 0.170 e. The molecule has 1 aromatic carbocycles. The second-order valence-corrected chi connectivity index (χ2v) is 7.85. The second-order valence-electron chi connectivity index (χ2n) is 6.48. The van der Waals surface area contributed by atoms with Crippen molar-refractivity contribution in [2.24, 2.45) is 0 Å². The number of aromatic nitrogens is 1. The summed E-state index contributed by atoms with van der Waals surface area (Å²) >= 11 is 7.46. The lowest BCUT2D eigenvalue weighted by atomic mass is 10.0. The van der Waals surface area contributed by atoms with Gasteiger partial charge < -0.3 is 15.5 Å². The van der Waals surface area contributed by atoms with Crippen molar-refractivity contribution >= 4 is 34.4 Å². The van der Waals surface area contributed by atoms with Crippen LogP contribution in [0.15, 0.2) is 72.2 Å². The molecular weight excluding hydrogens is 372 g/mol. The Kier molecular flexibility index (Phi) is 5.65. The fraction of sp³-hybridized carbons (Fsp3) is 0.238. The summed E-state index contributed by atoms with van der Waals surface area (Å²) in [6.45, 7) is 1.81. The van der Waals surface area contributed by atoms with E-state index in [1.165, 1.54) is 4.88 Å². The monoisotopic (exact) mass is 394 g/mol. The quantitative estimate of drug-likeness (QED) is 0.452. The van der Waals surface area contributed by atoms with Crippen LogP contribution in [0, 0.1) is 0 Å². The van der Waals surface area contributed by atoms with Crippen LogP contribution in [0.1, 0.15) is 29.1 Å². The summed E-state index contributed by atoms with van der Waals surface area (Å²) in [7, 11) is 0. The lowest BCUT2D eigenvalue weighted by Crippen LogP contribution is -2.31. The first-order valence-corrected chi connectivity index (χ1v) is 10.4. The highest BCUT2D eigenvalue weighted by Crippen LogP contribution is 2.40. The van der Waals surface area contributed by atoms with Crippen LogP contribution < -0.4 is 10.6 Å². The van der Waals surface area contributed by atoms with E-state index in [1.807, 2.05) is 36.5 Å². The maximum atomic E-state index is 5.68. The van der Waals surface area contributed by atoms with Gasteiger partial charge in [-0.25, -0.2) is 0 Å². The summed E-state index contributed by atoms with van der Waals surface area (Å²) in [5.74, 6) is 0. The molecule has 138 valence electrons. The minimum atomic E-state index is 0.0828. The van der Waals surface area contributed by atoms with Crippen molar-refractivity contribution in [3.8, 4) is 0 Å². The highest BCUT2D eigenvalue weighted by Gasteiger charge is 2.39. The maximum absolute atomic E-state index is 5.68. The first-order chi connectivity index (χ1) is 13.3. The number of thiophene rings is 1. The SMILES string of the molecule is S=C1N[C@H](c2ccccn2)[C@@H](c2cccs2)N1CCCNc1ccccc1. The van der Waals surface area contributed by atoms with Crippen molar-refractivity contribution in [2.45, 2.75) is 18.5 Å². The van der Waals surface area contributed by atoms with E-state index < -0.39 is 0 Å². The van der Waals surface area contributed by atoms with Gasteiger partial charge in [0.1, 0.15) is 0 Å². The van der Waals surface area contributed by atoms with Crippen molar-refractivity contribution in [2.75, 3.05) is 18.4 Å². The van der Waals surface area contributed by atoms with Crippen molar-refractivity contribution in [3.63, 3.8) is 0 Å². The van der Waals surface area contributed by atoms with Crippen LogP contribution in [0.2, 0.25) is 0 Å². The molecular formula is C21H22N4S2. The van der Waals surface area contributed by atoms with Gasteiger partial charge in [0.05, 0.1) is 17.8 Å². The molecule has 1 aliphatic heterocycles. The van der Waals surface area contributed by atoms with E-state index in [2.05, 4.69) is 56.2 Å². The molecule has 2 aromatic heterocycles. The summed E-state index contributed by atoms with van der Waals surface area (Å²) in [5, 5.41) is 9.91. The lowest BCUT2D eigenvalue weighted by Gasteiger charge is -2.27. The number of pyridine rings is 1. The predicted molar refractivity (Wildman–Crippen MR) is 116 cm³/mol. The molecule has 0 aliphatic carbocycles. The molecule has 1 fully saturated rings. The largest absolute Gasteiger partial charge is 0.385 e. The van der Waals surface area contributed by atoms with Gasteiger partial charge >= 0.3 is 0 Å². The topological polar surface area (TPSA) is 40.2 Å². The lowest BCUT2D eigenvalue weighted by molar-refractivity contribution is 0.321. The van der Waals surface area contributed by atoms with Gasteiger partial charge in [0, 0.05) is 29.9 Å². The van der Waals surface area contributed by atoms with E-state index in [4.69, 9.17) is 12.2 Å². The number of rotatable bonds is 7. The molecule has 0 amide bonds. The van der Waals surface area contributed by atoms with Crippen molar-refractivity contribution in [1.82, 2.24) is 15.2 Å². The van der Waals surface area contributed by atoms with Crippen LogP contribution >= 0.6 is 23.6 Å². The normalized spacial score (nSPS) is 19.1. The molecule has 1 aliphatic rings. The van der Waals surface area contributed by atoms with E-state index in [0.29, 0.717) is 0 Å². The summed E-state index contributed by atoms with van der Waals surface area (Å²) in [5.41, 5.74) is 2.18. The van der Waals surface area contributed by atoms with Crippen LogP contribution in [-0.4, -0.2) is 28.1 Å². The molecule has 4 rings (SSSR count). The minimum absolute atomic E-state index is 0.0828. The summed E-state index contributed by atoms with van der Waals surface area (Å²) in [4.78, 5) is 8.20. The van der Waals surface area contributed by atoms with Crippen molar-refractivity contribution in [3.05, 3.63) is 82.8 Å². The zero-order valence-electron chi connectivity index (χ0n) is 14.9. The molecule has 4 nitrogen and oxygen atoms in total. The molecule has 0 bridgehead atoms. The Morgan fingerprint density at radius 2 is 1.93 bits per heavy atom. The van der Waals surface area contributed by atoms with Crippen molar-refractivity contribution < 1.29 is 0 Å². The highest BCUT2D eigenvalue weighted by atomic mass is 32.1. The van der Waals surface area contributed by atoms with Crippen LogP contribution in [0.5, 0.6) is 0 Å². The molecule has 2 atom stereocenters. The Labute approximate surface area is 169 Å². The van der Waals surface area contributed by atoms with Gasteiger partial charge in [-0.3, -0.25) is 4.98 Å². The number of benzene rings is 1. The number of para-hydroxylation sites is 1. The van der Waals surface area contributed by atoms with E-state index in [9.17, 15) is 0 Å². The molecule has 2 N–H and O–H groups in total. The van der Waals surface area contributed by atoms with E-state index >= 15 is 0 Å². The van der Waals surface area contributed by atoms with Crippen molar-refractivity contribution in [1.29, 1.82) is 0 Å². The standard InChI is InChI=1S/C21H22N4S2/c26-21-24-19(17-10-4-5-12-23-17)20(18-11-6-15-27-18)25(21)14-7-13-22-16-8-2-1-3-9-16/h1-6,8-12,15,19-20,22H,7,13-14H2,(H,24,26)/t19-,20-/m1/s1. The van der Waals surface area contributed by atoms with Gasteiger partial charge in [-0.05, 0) is 54.4 Å². The average Bonchev–Trinajstić information content (AvgIpc) is 3.35. The van der Waals surface area contributed by atoms with E-state index in [0.717, 1.165) is 36.0 Å². The first-order valence-electron chi connectivity index (χ1n) is 9.13. The fourth-order valence-corrected chi connectivity index (χ4v) is 4.66. The van der Waals surface area contributed by atoms with Gasteiger partial charge in [-0.2, -0.15) is 0 Å². The molecule has 0 radical (unpaired) electrons. The van der Waals surface area contributed by atoms with Gasteiger partial charge in [0.15, 0.2) is 5.11 Å². The molecule has 0 saturated carbocycles. The molecule has 3 aromatic rings. The Balaban J connectivity index is 1.46. The third kappa shape index (κ3) is 4.12. The van der Waals surface area contributed by atoms with Crippen LogP contribution in [0.25, 0.3) is 0 Å². The molecule has 0 spiro atoms. The highest BCUT2D eigenvalue weighted by molar-refractivity contribution is 7.80. The Morgan fingerprint density at radius 3 is 2.67 bits per heavy atom. The number of anilines is 1. The van der Waals surface area contributed by atoms with Gasteiger partial charge in [0.25, 0.3) is 0 Å². The summed E-state index contributed by atoms with van der Waals surface area (Å²) in [6.07, 6.45) is 2.85. The number of thiocarbonyl (C=S) groups is 1. The first kappa shape index (κ1) is 17.9. The molecule has 27 heavy (non-hydrogen) atoms. The Morgan fingerprint density at radius 1 is 1.07 bits per heavy atom. The summed E-state index contributed by atoms with van der Waals surface area (Å²) < 4.78 is 0. The second kappa shape index (κ2) is 8.50. The predicted octanol–water partition coefficient (Wildman–Crippen LogP) is 4.62. The number of hydrogen-bond acceptors (Lipinski definition) is 4. The zero-order chi connectivity index (χ0) is 18.5. The minimum Gasteiger partial charge on any atom is -0.385 e. The number of hydrogen-bond donors (Lipinski definition) is 2. The Hall–Kier alpha value is -2.44. The van der Waals surface area contributed by atoms with Crippen LogP contribution in [-0.2, 0) is 0 Å². The van der Waals surface area contributed by atoms with Gasteiger partial charge in [-0.1, -0.05) is 30.3 Å². The molecule has 3 heterocycles. The maximum Gasteiger partial charge on any atom is 0.170 e. The third-order valence-electron chi connectivity index (χ3n) is 4.71. The molecule has 1 saturated heterocycles. The molecule has 0 unspecified atom stereocenters. The fourth-order valence-electron chi connectivity index (χ4n) is 3.45. The Bertz CT molecular complexity index is 852. The average molecular weight is 395 g/mol. The van der Waals surface area contributed by atoms with Gasteiger partial charge in [0.2, 0.25) is 0 Å².